The Morgan fingerprint density at radius 3 is 2.56 bits per heavy atom. The number of aryl methyl sites for hydroxylation is 1. The number of hydrogen-bond donors (Lipinski definition) is 2. The molecule has 2 fully saturated rings. The number of halogens is 2. The van der Waals surface area contributed by atoms with Crippen molar-refractivity contribution in [1.29, 1.82) is 0 Å². The van der Waals surface area contributed by atoms with Crippen LogP contribution in [0.5, 0.6) is 0 Å². The Morgan fingerprint density at radius 1 is 1.25 bits per heavy atom. The molecule has 0 saturated carbocycles. The SMILES string of the molecule is Cn1cnc(-c2cc(Cl)c(F)c(C(=O)NNS(=O)(=O)CC3CN(C(=O)N4CCC4)C3)c2)c1. The molecule has 0 bridgehead atoms. The van der Waals surface area contributed by atoms with Gasteiger partial charge in [-0.3, -0.25) is 10.2 Å². The lowest BCUT2D eigenvalue weighted by Crippen LogP contribution is -2.59. The molecular weight excluding hydrogens is 463 g/mol. The van der Waals surface area contributed by atoms with Crippen LogP contribution in [0.25, 0.3) is 11.3 Å². The number of rotatable bonds is 6. The van der Waals surface area contributed by atoms with E-state index in [1.807, 2.05) is 10.3 Å². The van der Waals surface area contributed by atoms with Crippen molar-refractivity contribution in [2.24, 2.45) is 13.0 Å². The number of aromatic nitrogens is 2. The van der Waals surface area contributed by atoms with Crippen molar-refractivity contribution in [3.63, 3.8) is 0 Å². The molecule has 2 N–H and O–H groups in total. The lowest BCUT2D eigenvalue weighted by molar-refractivity contribution is 0.0808. The summed E-state index contributed by atoms with van der Waals surface area (Å²) in [5, 5.41) is -0.289. The quantitative estimate of drug-likeness (QED) is 0.598. The standard InChI is InChI=1S/C19H22ClFN6O4S/c1-25-9-16(22-11-25)13-5-14(17(21)15(20)6-13)18(28)23-24-32(30,31)10-12-7-27(8-12)19(29)26-3-2-4-26/h5-6,9,11-12,24H,2-4,7-8,10H2,1H3,(H,23,28). The van der Waals surface area contributed by atoms with Gasteiger partial charge in [-0.1, -0.05) is 11.6 Å². The maximum absolute atomic E-state index is 14.4. The first-order valence-corrected chi connectivity index (χ1v) is 12.0. The Hall–Kier alpha value is -2.70. The third-order valence-corrected chi connectivity index (χ3v) is 7.00. The van der Waals surface area contributed by atoms with Crippen molar-refractivity contribution in [2.45, 2.75) is 6.42 Å². The minimum absolute atomic E-state index is 0.0775. The summed E-state index contributed by atoms with van der Waals surface area (Å²) >= 11 is 5.92. The van der Waals surface area contributed by atoms with E-state index in [2.05, 4.69) is 4.98 Å². The Kier molecular flexibility index (Phi) is 6.10. The fraction of sp³-hybridized carbons (Fsp3) is 0.421. The highest BCUT2D eigenvalue weighted by Crippen LogP contribution is 2.27. The summed E-state index contributed by atoms with van der Waals surface area (Å²) in [4.78, 5) is 33.9. The van der Waals surface area contributed by atoms with Crippen molar-refractivity contribution < 1.29 is 22.4 Å². The zero-order valence-electron chi connectivity index (χ0n) is 17.2. The van der Waals surface area contributed by atoms with E-state index in [0.717, 1.165) is 19.5 Å². The van der Waals surface area contributed by atoms with Gasteiger partial charge in [-0.05, 0) is 18.6 Å². The predicted octanol–water partition coefficient (Wildman–Crippen LogP) is 1.20. The van der Waals surface area contributed by atoms with Gasteiger partial charge in [-0.25, -0.2) is 22.6 Å². The first-order chi connectivity index (χ1) is 15.1. The number of carbonyl (C=O) groups is 2. The number of likely N-dealkylation sites (tertiary alicyclic amines) is 2. The molecule has 2 saturated heterocycles. The molecule has 2 aliphatic heterocycles. The fourth-order valence-electron chi connectivity index (χ4n) is 3.55. The molecule has 1 aromatic heterocycles. The fourth-order valence-corrected chi connectivity index (χ4v) is 4.93. The van der Waals surface area contributed by atoms with E-state index in [1.165, 1.54) is 12.1 Å². The summed E-state index contributed by atoms with van der Waals surface area (Å²) < 4.78 is 40.7. The summed E-state index contributed by atoms with van der Waals surface area (Å²) in [7, 11) is -2.14. The van der Waals surface area contributed by atoms with Crippen LogP contribution in [-0.4, -0.2) is 71.6 Å². The van der Waals surface area contributed by atoms with Crippen LogP contribution in [0, 0.1) is 11.7 Å². The molecule has 2 aliphatic rings. The van der Waals surface area contributed by atoms with E-state index in [9.17, 15) is 22.4 Å². The van der Waals surface area contributed by atoms with Crippen LogP contribution in [-0.2, 0) is 17.1 Å². The molecule has 32 heavy (non-hydrogen) atoms. The lowest BCUT2D eigenvalue weighted by Gasteiger charge is -2.44. The largest absolute Gasteiger partial charge is 0.340 e. The lowest BCUT2D eigenvalue weighted by atomic mass is 10.0. The Balaban J connectivity index is 1.35. The molecule has 3 amide bonds. The number of benzene rings is 1. The van der Waals surface area contributed by atoms with E-state index in [1.54, 1.807) is 33.9 Å². The number of carbonyl (C=O) groups excluding carboxylic acids is 2. The molecule has 4 rings (SSSR count). The third-order valence-electron chi connectivity index (χ3n) is 5.40. The van der Waals surface area contributed by atoms with E-state index >= 15 is 0 Å². The summed E-state index contributed by atoms with van der Waals surface area (Å²) in [6.07, 6.45) is 4.19. The van der Waals surface area contributed by atoms with Gasteiger partial charge in [0.1, 0.15) is 0 Å². The zero-order valence-corrected chi connectivity index (χ0v) is 18.8. The normalized spacial score (nSPS) is 16.5. The van der Waals surface area contributed by atoms with Crippen molar-refractivity contribution >= 4 is 33.6 Å². The highest BCUT2D eigenvalue weighted by molar-refractivity contribution is 7.89. The molecule has 172 valence electrons. The molecule has 0 spiro atoms. The molecule has 3 heterocycles. The highest BCUT2D eigenvalue weighted by Gasteiger charge is 2.37. The van der Waals surface area contributed by atoms with Crippen LogP contribution in [0.1, 0.15) is 16.8 Å². The molecular formula is C19H22ClFN6O4S. The van der Waals surface area contributed by atoms with Gasteiger partial charge in [0.15, 0.2) is 5.82 Å². The number of hydrogen-bond acceptors (Lipinski definition) is 5. The van der Waals surface area contributed by atoms with Gasteiger partial charge in [0, 0.05) is 50.9 Å². The second kappa shape index (κ2) is 8.68. The third kappa shape index (κ3) is 4.71. The molecule has 1 aromatic carbocycles. The van der Waals surface area contributed by atoms with Gasteiger partial charge < -0.3 is 14.4 Å². The van der Waals surface area contributed by atoms with Gasteiger partial charge in [-0.15, -0.1) is 4.83 Å². The average molecular weight is 485 g/mol. The molecule has 10 nitrogen and oxygen atoms in total. The van der Waals surface area contributed by atoms with Gasteiger partial charge in [0.2, 0.25) is 10.0 Å². The Morgan fingerprint density at radius 2 is 1.97 bits per heavy atom. The van der Waals surface area contributed by atoms with Crippen LogP contribution in [0.4, 0.5) is 9.18 Å². The monoisotopic (exact) mass is 484 g/mol. The molecule has 13 heteroatoms. The van der Waals surface area contributed by atoms with Crippen LogP contribution in [0.15, 0.2) is 24.7 Å². The van der Waals surface area contributed by atoms with Crippen molar-refractivity contribution in [2.75, 3.05) is 31.9 Å². The summed E-state index contributed by atoms with van der Waals surface area (Å²) in [5.41, 5.74) is 2.49. The summed E-state index contributed by atoms with van der Waals surface area (Å²) in [6.45, 7) is 2.13. The summed E-state index contributed by atoms with van der Waals surface area (Å²) in [6, 6.07) is 2.51. The Labute approximate surface area is 189 Å². The first kappa shape index (κ1) is 22.5. The molecule has 0 unspecified atom stereocenters. The van der Waals surface area contributed by atoms with Gasteiger partial charge in [0.05, 0.1) is 28.4 Å². The number of imidazole rings is 1. The second-order valence-electron chi connectivity index (χ2n) is 7.98. The number of hydrazine groups is 1. The number of nitrogens with zero attached hydrogens (tertiary/aromatic N) is 4. The van der Waals surface area contributed by atoms with Crippen LogP contribution in [0.2, 0.25) is 5.02 Å². The topological polar surface area (TPSA) is 117 Å². The number of sulfonamides is 1. The zero-order chi connectivity index (χ0) is 23.0. The van der Waals surface area contributed by atoms with E-state index in [4.69, 9.17) is 11.6 Å². The van der Waals surface area contributed by atoms with Gasteiger partial charge >= 0.3 is 6.03 Å². The molecule has 2 aromatic rings. The molecule has 0 aliphatic carbocycles. The first-order valence-electron chi connectivity index (χ1n) is 9.94. The van der Waals surface area contributed by atoms with Crippen molar-refractivity contribution in [3.05, 3.63) is 41.1 Å². The van der Waals surface area contributed by atoms with Gasteiger partial charge in [-0.2, -0.15) is 0 Å². The Bertz CT molecular complexity index is 1160. The van der Waals surface area contributed by atoms with Gasteiger partial charge in [0.25, 0.3) is 5.91 Å². The van der Waals surface area contributed by atoms with E-state index in [0.29, 0.717) is 24.3 Å². The smallest absolute Gasteiger partial charge is 0.320 e. The van der Waals surface area contributed by atoms with E-state index < -0.39 is 27.3 Å². The average Bonchev–Trinajstić information content (AvgIpc) is 3.09. The molecule has 0 atom stereocenters. The van der Waals surface area contributed by atoms with Crippen molar-refractivity contribution in [1.82, 2.24) is 29.6 Å². The maximum atomic E-state index is 14.4. The minimum Gasteiger partial charge on any atom is -0.340 e. The molecule has 0 radical (unpaired) electrons. The highest BCUT2D eigenvalue weighted by atomic mass is 35.5. The van der Waals surface area contributed by atoms with E-state index in [-0.39, 0.29) is 22.7 Å². The number of amides is 3. The predicted molar refractivity (Wildman–Crippen MR) is 115 cm³/mol. The van der Waals surface area contributed by atoms with Crippen LogP contribution < -0.4 is 10.3 Å². The minimum atomic E-state index is -3.89. The maximum Gasteiger partial charge on any atom is 0.320 e. The number of urea groups is 1. The van der Waals surface area contributed by atoms with Crippen molar-refractivity contribution in [3.8, 4) is 11.3 Å². The number of nitrogens with one attached hydrogen (secondary N) is 2. The summed E-state index contributed by atoms with van der Waals surface area (Å²) in [5.74, 6) is -2.47. The van der Waals surface area contributed by atoms with Crippen LogP contribution in [0.3, 0.4) is 0 Å². The second-order valence-corrected chi connectivity index (χ2v) is 10.1. The van der Waals surface area contributed by atoms with Crippen LogP contribution >= 0.6 is 11.6 Å².